The maximum atomic E-state index is 10.9. The summed E-state index contributed by atoms with van der Waals surface area (Å²) in [6.07, 6.45) is -6.88. The predicted molar refractivity (Wildman–Crippen MR) is 90.7 cm³/mol. The van der Waals surface area contributed by atoms with Crippen molar-refractivity contribution in [2.24, 2.45) is 0 Å². The smallest absolute Gasteiger partial charge is 0 e. The molecule has 0 N–H and O–H groups in total. The molecule has 0 aliphatic heterocycles. The van der Waals surface area contributed by atoms with Crippen LogP contribution in [0.3, 0.4) is 0 Å². The van der Waals surface area contributed by atoms with E-state index in [-0.39, 0.29) is 25.8 Å². The quantitative estimate of drug-likeness (QED) is 0.0987. The first-order valence-electron chi connectivity index (χ1n) is 3.24. The molecule has 0 fully saturated rings. The Labute approximate surface area is 194 Å². The number of halogens is 14. The average Bonchev–Trinajstić information content (AvgIpc) is 2.44. The molecule has 0 bridgehead atoms. The van der Waals surface area contributed by atoms with Gasteiger partial charge in [-0.2, -0.15) is 26.3 Å². The zero-order valence-corrected chi connectivity index (χ0v) is 25.3. The Hall–Kier alpha value is 2.99. The third kappa shape index (κ3) is 65.9. The van der Waals surface area contributed by atoms with Crippen molar-refractivity contribution < 1.29 is 75.3 Å². The number of hydrogen-bond donors (Lipinski definition) is 0. The van der Waals surface area contributed by atoms with Crippen LogP contribution >= 0.6 is 89.4 Å². The summed E-state index contributed by atoms with van der Waals surface area (Å²) in [6, 6.07) is 0. The van der Waals surface area contributed by atoms with Crippen molar-refractivity contribution >= 4 is 89.4 Å². The molecule has 0 aliphatic rings. The van der Waals surface area contributed by atoms with E-state index >= 15 is 0 Å². The molecule has 0 unspecified atom stereocenters. The topological polar surface area (TPSA) is 0 Å². The second kappa shape index (κ2) is 35.2. The standard InChI is InChI=1S/C2BrF3.C2F3I.C2F3.BrH.I2.2Zn/c2*3-1(4)2(5)6;3-1-2(4)5;;1-2;;/h;;;1H;;;/q;;-1;;;;+2/p-1. The fourth-order valence-corrected chi connectivity index (χ4v) is 0. The molecule has 0 aromatic rings. The van der Waals surface area contributed by atoms with E-state index in [2.05, 4.69) is 50.9 Å². The van der Waals surface area contributed by atoms with Crippen LogP contribution in [0.15, 0.2) is 26.8 Å². The fraction of sp³-hybridized carbons (Fsp3) is 0. The Kier molecular flexibility index (Phi) is 63.7. The Morgan fingerprint density at radius 2 is 0.955 bits per heavy atom. The van der Waals surface area contributed by atoms with Gasteiger partial charge in [-0.15, -0.1) is 0 Å². The molecule has 0 nitrogen and oxygen atoms in total. The van der Waals surface area contributed by atoms with E-state index in [4.69, 9.17) is 0 Å². The second-order valence-corrected chi connectivity index (χ2v) is 3.04. The van der Waals surface area contributed by atoms with Gasteiger partial charge in [0.25, 0.3) is 0 Å². The second-order valence-electron chi connectivity index (χ2n) is 1.40. The van der Waals surface area contributed by atoms with Crippen molar-refractivity contribution in [3.8, 4) is 0 Å². The average molecular weight is 914 g/mol. The molecule has 0 rings (SSSR count). The molecule has 0 amide bonds. The van der Waals surface area contributed by atoms with Crippen LogP contribution in [0, 0.1) is 6.33 Å². The predicted octanol–water partition coefficient (Wildman–Crippen LogP) is 8.98. The summed E-state index contributed by atoms with van der Waals surface area (Å²) in [7, 11) is 0. The summed E-state index contributed by atoms with van der Waals surface area (Å²) in [5.74, 6) is 0. The van der Waals surface area contributed by atoms with Crippen molar-refractivity contribution in [2.45, 2.75) is 0 Å². The van der Waals surface area contributed by atoms with Crippen molar-refractivity contribution in [2.75, 3.05) is 0 Å². The minimum atomic E-state index is -2.41. The summed E-state index contributed by atoms with van der Waals surface area (Å²) in [5, 5.41) is 0. The molecular weight excluding hydrogens is 914 g/mol. The zero-order valence-electron chi connectivity index (χ0n) is 9.71. The molecule has 0 aliphatic carbocycles. The first kappa shape index (κ1) is 39.9. The minimum Gasteiger partial charge on any atom is 0 e. The van der Waals surface area contributed by atoms with E-state index in [1.165, 1.54) is 16.3 Å². The van der Waals surface area contributed by atoms with Crippen molar-refractivity contribution in [1.82, 2.24) is 0 Å². The molecule has 126 valence electrons. The summed E-state index contributed by atoms with van der Waals surface area (Å²) in [5.41, 5.74) is 0. The molecule has 0 heterocycles. The monoisotopic (exact) mass is 909 g/mol. The first-order valence-corrected chi connectivity index (χ1v) is 18.3. The normalized spacial score (nSPS) is 6.55. The molecule has 0 radical (unpaired) electrons. The van der Waals surface area contributed by atoms with Crippen LogP contribution in [0.5, 0.6) is 0 Å². The van der Waals surface area contributed by atoms with Gasteiger partial charge in [0.05, 0.1) is 0 Å². The van der Waals surface area contributed by atoms with Crippen molar-refractivity contribution in [3.05, 3.63) is 33.1 Å². The van der Waals surface area contributed by atoms with Gasteiger partial charge in [0.15, 0.2) is 0 Å². The first-order chi connectivity index (χ1) is 9.56. The SMILES string of the molecule is FC(F)=C(F)Br.FC(F)=C(F)I.F[C-]=C(F)F.II.[Zn+][Br].[Zn]. The van der Waals surface area contributed by atoms with Crippen LogP contribution in [0.2, 0.25) is 0 Å². The summed E-state index contributed by atoms with van der Waals surface area (Å²) < 4.78 is 91.8. The Balaban J connectivity index is -0.0000000384. The maximum absolute atomic E-state index is 10.9. The molecule has 0 saturated carbocycles. The molecule has 0 saturated heterocycles. The molecule has 0 aromatic carbocycles. The third-order valence-electron chi connectivity index (χ3n) is 0.357. The zero-order chi connectivity index (χ0) is 18.6. The van der Waals surface area contributed by atoms with Gasteiger partial charge in [0.2, 0.25) is 8.57 Å². The van der Waals surface area contributed by atoms with Gasteiger partial charge in [-0.1, -0.05) is 0 Å². The molecule has 22 heavy (non-hydrogen) atoms. The van der Waals surface area contributed by atoms with E-state index in [9.17, 15) is 39.5 Å². The molecule has 0 aromatic heterocycles. The molecule has 0 atom stereocenters. The van der Waals surface area contributed by atoms with Crippen LogP contribution in [0.1, 0.15) is 0 Å². The van der Waals surface area contributed by atoms with E-state index in [1.807, 2.05) is 15.9 Å². The molecular formula is C6Br2F9I3Zn2. The van der Waals surface area contributed by atoms with E-state index < -0.39 is 26.8 Å². The maximum Gasteiger partial charge on any atom is 0 e. The van der Waals surface area contributed by atoms with Crippen molar-refractivity contribution in [3.63, 3.8) is 0 Å². The van der Waals surface area contributed by atoms with Gasteiger partial charge >= 0.3 is 42.1 Å². The van der Waals surface area contributed by atoms with E-state index in [1.54, 1.807) is 0 Å². The van der Waals surface area contributed by atoms with E-state index in [0.717, 1.165) is 22.6 Å². The van der Waals surface area contributed by atoms with Gasteiger partial charge in [0.1, 0.15) is 6.08 Å². The Morgan fingerprint density at radius 3 is 0.955 bits per heavy atom. The van der Waals surface area contributed by atoms with Gasteiger partial charge in [-0.25, -0.2) is 15.1 Å². The van der Waals surface area contributed by atoms with Crippen molar-refractivity contribution in [1.29, 1.82) is 0 Å². The summed E-state index contributed by atoms with van der Waals surface area (Å²) in [4.78, 5) is 0. The Morgan fingerprint density at radius 1 is 0.818 bits per heavy atom. The Bertz CT molecular complexity index is 256. The van der Waals surface area contributed by atoms with Gasteiger partial charge in [-0.3, -0.25) is 0 Å². The van der Waals surface area contributed by atoms with E-state index in [0.29, 0.717) is 0 Å². The van der Waals surface area contributed by atoms with Crippen LogP contribution in [0.25, 0.3) is 0 Å². The van der Waals surface area contributed by atoms with Crippen LogP contribution in [0.4, 0.5) is 39.5 Å². The van der Waals surface area contributed by atoms with Crippen LogP contribution in [-0.2, 0) is 35.8 Å². The summed E-state index contributed by atoms with van der Waals surface area (Å²) >= 11 is 11.3. The van der Waals surface area contributed by atoms with Gasteiger partial charge in [-0.05, 0) is 38.5 Å². The summed E-state index contributed by atoms with van der Waals surface area (Å²) in [6.45, 7) is 0. The fourth-order valence-electron chi connectivity index (χ4n) is 0. The minimum absolute atomic E-state index is 0. The number of rotatable bonds is 0. The van der Waals surface area contributed by atoms with Gasteiger partial charge < -0.3 is 4.39 Å². The molecule has 0 spiro atoms. The third-order valence-corrected chi connectivity index (χ3v) is 1.06. The van der Waals surface area contributed by atoms with Gasteiger partial charge in [0, 0.05) is 56.7 Å². The largest absolute Gasteiger partial charge is 0 e. The van der Waals surface area contributed by atoms with Crippen LogP contribution in [-0.4, -0.2) is 0 Å². The number of hydrogen-bond acceptors (Lipinski definition) is 0. The van der Waals surface area contributed by atoms with Crippen LogP contribution < -0.4 is 0 Å². The molecule has 16 heteroatoms.